The van der Waals surface area contributed by atoms with Crippen molar-refractivity contribution in [2.75, 3.05) is 5.33 Å². The second-order valence-electron chi connectivity index (χ2n) is 6.71. The van der Waals surface area contributed by atoms with Gasteiger partial charge in [-0.05, 0) is 23.2 Å². The Balaban J connectivity index is 2.61. The van der Waals surface area contributed by atoms with Gasteiger partial charge in [-0.2, -0.15) is 0 Å². The van der Waals surface area contributed by atoms with Crippen LogP contribution in [0, 0.1) is 22.7 Å². The van der Waals surface area contributed by atoms with Crippen molar-refractivity contribution in [3.05, 3.63) is 0 Å². The predicted molar refractivity (Wildman–Crippen MR) is 76.2 cm³/mol. The molecule has 1 N–H and O–H groups in total. The first-order valence-electron chi connectivity index (χ1n) is 6.52. The fourth-order valence-electron chi connectivity index (χ4n) is 2.81. The lowest BCUT2D eigenvalue weighted by Gasteiger charge is -2.22. The highest BCUT2D eigenvalue weighted by molar-refractivity contribution is 9.09. The van der Waals surface area contributed by atoms with Gasteiger partial charge in [-0.3, -0.25) is 4.79 Å². The molecule has 0 aromatic heterocycles. The van der Waals surface area contributed by atoms with Gasteiger partial charge in [-0.15, -0.1) is 0 Å². The van der Waals surface area contributed by atoms with Gasteiger partial charge in [0, 0.05) is 17.3 Å². The lowest BCUT2D eigenvalue weighted by molar-refractivity contribution is -0.124. The lowest BCUT2D eigenvalue weighted by Crippen LogP contribution is -2.40. The van der Waals surface area contributed by atoms with E-state index in [9.17, 15) is 4.79 Å². The first kappa shape index (κ1) is 15.0. The Labute approximate surface area is 114 Å². The SMILES string of the molecule is CC(C)C(CCBr)NC(=O)C1C(C)(C)C1(C)C. The molecule has 2 nitrogen and oxygen atoms in total. The van der Waals surface area contributed by atoms with E-state index in [0.29, 0.717) is 5.92 Å². The van der Waals surface area contributed by atoms with Crippen LogP contribution in [-0.2, 0) is 4.79 Å². The number of carbonyl (C=O) groups excluding carboxylic acids is 1. The van der Waals surface area contributed by atoms with E-state index in [4.69, 9.17) is 0 Å². The van der Waals surface area contributed by atoms with Gasteiger partial charge in [0.05, 0.1) is 0 Å². The van der Waals surface area contributed by atoms with Crippen molar-refractivity contribution in [1.82, 2.24) is 5.32 Å². The maximum absolute atomic E-state index is 12.3. The minimum absolute atomic E-state index is 0.132. The smallest absolute Gasteiger partial charge is 0.224 e. The molecule has 0 aromatic rings. The Morgan fingerprint density at radius 1 is 1.24 bits per heavy atom. The lowest BCUT2D eigenvalue weighted by atomic mass is 10.0. The summed E-state index contributed by atoms with van der Waals surface area (Å²) >= 11 is 3.45. The van der Waals surface area contributed by atoms with Gasteiger partial charge in [0.15, 0.2) is 0 Å². The van der Waals surface area contributed by atoms with E-state index >= 15 is 0 Å². The number of amides is 1. The molecule has 3 heteroatoms. The van der Waals surface area contributed by atoms with Crippen molar-refractivity contribution in [3.8, 4) is 0 Å². The number of rotatable bonds is 5. The van der Waals surface area contributed by atoms with Crippen LogP contribution in [0.5, 0.6) is 0 Å². The Kier molecular flexibility index (Phi) is 4.33. The highest BCUT2D eigenvalue weighted by Gasteiger charge is 2.68. The zero-order valence-electron chi connectivity index (χ0n) is 11.9. The van der Waals surface area contributed by atoms with Gasteiger partial charge < -0.3 is 5.32 Å². The van der Waals surface area contributed by atoms with E-state index in [1.165, 1.54) is 0 Å². The first-order chi connectivity index (χ1) is 7.66. The van der Waals surface area contributed by atoms with Crippen molar-refractivity contribution in [2.24, 2.45) is 22.7 Å². The quantitative estimate of drug-likeness (QED) is 0.773. The molecule has 1 saturated carbocycles. The maximum Gasteiger partial charge on any atom is 0.224 e. The summed E-state index contributed by atoms with van der Waals surface area (Å²) in [5.41, 5.74) is 0.264. The second kappa shape index (κ2) is 4.91. The third-order valence-electron chi connectivity index (χ3n) is 4.84. The van der Waals surface area contributed by atoms with Gasteiger partial charge in [-0.25, -0.2) is 0 Å². The van der Waals surface area contributed by atoms with Crippen LogP contribution < -0.4 is 5.32 Å². The molecular formula is C14H26BrNO. The van der Waals surface area contributed by atoms with Crippen molar-refractivity contribution in [1.29, 1.82) is 0 Å². The molecule has 100 valence electrons. The van der Waals surface area contributed by atoms with Gasteiger partial charge >= 0.3 is 0 Å². The summed E-state index contributed by atoms with van der Waals surface area (Å²) in [7, 11) is 0. The van der Waals surface area contributed by atoms with Crippen LogP contribution in [0.3, 0.4) is 0 Å². The third kappa shape index (κ3) is 2.69. The van der Waals surface area contributed by atoms with Crippen LogP contribution in [0.25, 0.3) is 0 Å². The van der Waals surface area contributed by atoms with Crippen LogP contribution >= 0.6 is 15.9 Å². The summed E-state index contributed by atoms with van der Waals surface area (Å²) in [5.74, 6) is 0.882. The third-order valence-corrected chi connectivity index (χ3v) is 5.29. The van der Waals surface area contributed by atoms with Crippen LogP contribution in [-0.4, -0.2) is 17.3 Å². The summed E-state index contributed by atoms with van der Waals surface area (Å²) in [6.45, 7) is 13.1. The van der Waals surface area contributed by atoms with E-state index in [1.807, 2.05) is 0 Å². The number of hydrogen-bond acceptors (Lipinski definition) is 1. The molecule has 1 unspecified atom stereocenters. The molecule has 0 radical (unpaired) electrons. The summed E-state index contributed by atoms with van der Waals surface area (Å²) < 4.78 is 0. The van der Waals surface area contributed by atoms with Crippen LogP contribution in [0.15, 0.2) is 0 Å². The van der Waals surface area contributed by atoms with Crippen molar-refractivity contribution in [3.63, 3.8) is 0 Å². The number of alkyl halides is 1. The van der Waals surface area contributed by atoms with Crippen LogP contribution in [0.4, 0.5) is 0 Å². The number of halogens is 1. The number of nitrogens with one attached hydrogen (secondary N) is 1. The molecule has 0 heterocycles. The fourth-order valence-corrected chi connectivity index (χ4v) is 3.30. The summed E-state index contributed by atoms with van der Waals surface area (Å²) in [6.07, 6.45) is 0.997. The topological polar surface area (TPSA) is 29.1 Å². The summed E-state index contributed by atoms with van der Waals surface area (Å²) in [4.78, 5) is 12.3. The molecule has 1 amide bonds. The highest BCUT2D eigenvalue weighted by atomic mass is 79.9. The number of hydrogen-bond donors (Lipinski definition) is 1. The molecule has 17 heavy (non-hydrogen) atoms. The first-order valence-corrected chi connectivity index (χ1v) is 7.64. The Morgan fingerprint density at radius 2 is 1.71 bits per heavy atom. The predicted octanol–water partition coefficient (Wildman–Crippen LogP) is 3.59. The van der Waals surface area contributed by atoms with Gasteiger partial charge in [0.25, 0.3) is 0 Å². The van der Waals surface area contributed by atoms with E-state index in [-0.39, 0.29) is 28.7 Å². The zero-order chi connectivity index (χ0) is 13.4. The number of carbonyl (C=O) groups is 1. The molecule has 1 aliphatic carbocycles. The van der Waals surface area contributed by atoms with Crippen molar-refractivity contribution in [2.45, 2.75) is 54.0 Å². The normalized spacial score (nSPS) is 23.5. The molecule has 0 aromatic carbocycles. The standard InChI is InChI=1S/C14H26BrNO/c1-9(2)10(7-8-15)16-12(17)11-13(3,4)14(11,5)6/h9-11H,7-8H2,1-6H3,(H,16,17). The Bertz CT molecular complexity index is 283. The van der Waals surface area contributed by atoms with E-state index in [2.05, 4.69) is 62.8 Å². The molecule has 1 atom stereocenters. The molecular weight excluding hydrogens is 278 g/mol. The average molecular weight is 304 g/mol. The second-order valence-corrected chi connectivity index (χ2v) is 7.51. The minimum atomic E-state index is 0.132. The van der Waals surface area contributed by atoms with Crippen molar-refractivity contribution >= 4 is 21.8 Å². The fraction of sp³-hybridized carbons (Fsp3) is 0.929. The molecule has 0 aliphatic heterocycles. The van der Waals surface area contributed by atoms with E-state index in [0.717, 1.165) is 11.8 Å². The van der Waals surface area contributed by atoms with E-state index in [1.54, 1.807) is 0 Å². The molecule has 1 aliphatic rings. The Morgan fingerprint density at radius 3 is 2.00 bits per heavy atom. The molecule has 0 spiro atoms. The van der Waals surface area contributed by atoms with Gasteiger partial charge in [-0.1, -0.05) is 57.5 Å². The monoisotopic (exact) mass is 303 g/mol. The molecule has 0 saturated heterocycles. The Hall–Kier alpha value is -0.0500. The summed E-state index contributed by atoms with van der Waals surface area (Å²) in [6, 6.07) is 0.286. The van der Waals surface area contributed by atoms with Crippen LogP contribution in [0.1, 0.15) is 48.0 Å². The van der Waals surface area contributed by atoms with Gasteiger partial charge in [0.1, 0.15) is 0 Å². The molecule has 0 bridgehead atoms. The van der Waals surface area contributed by atoms with Crippen LogP contribution in [0.2, 0.25) is 0 Å². The average Bonchev–Trinajstić information content (AvgIpc) is 2.56. The van der Waals surface area contributed by atoms with E-state index < -0.39 is 0 Å². The van der Waals surface area contributed by atoms with Gasteiger partial charge in [0.2, 0.25) is 5.91 Å². The highest BCUT2D eigenvalue weighted by Crippen LogP contribution is 2.68. The largest absolute Gasteiger partial charge is 0.353 e. The minimum Gasteiger partial charge on any atom is -0.353 e. The molecule has 1 rings (SSSR count). The molecule has 1 fully saturated rings. The summed E-state index contributed by atoms with van der Waals surface area (Å²) in [5, 5.41) is 4.16. The van der Waals surface area contributed by atoms with Crippen molar-refractivity contribution < 1.29 is 4.79 Å². The maximum atomic E-state index is 12.3. The zero-order valence-corrected chi connectivity index (χ0v) is 13.5.